The van der Waals surface area contributed by atoms with Crippen LogP contribution in [0.4, 0.5) is 5.69 Å². The molecule has 2 aromatic carbocycles. The molecule has 0 aromatic heterocycles. The van der Waals surface area contributed by atoms with Crippen molar-refractivity contribution in [3.63, 3.8) is 0 Å². The Hall–Kier alpha value is -2.70. The van der Waals surface area contributed by atoms with Crippen LogP contribution in [0.1, 0.15) is 12.0 Å². The Morgan fingerprint density at radius 3 is 2.57 bits per heavy atom. The number of nitrogens with zero attached hydrogens (tertiary/aromatic N) is 2. The van der Waals surface area contributed by atoms with Crippen LogP contribution in [0.3, 0.4) is 0 Å². The van der Waals surface area contributed by atoms with Gasteiger partial charge in [0.1, 0.15) is 6.04 Å². The quantitative estimate of drug-likeness (QED) is 0.618. The fraction of sp³-hybridized carbons (Fsp3) is 0.273. The van der Waals surface area contributed by atoms with Gasteiger partial charge in [0.25, 0.3) is 0 Å². The Bertz CT molecular complexity index is 993. The lowest BCUT2D eigenvalue weighted by Crippen LogP contribution is -2.42. The van der Waals surface area contributed by atoms with E-state index in [9.17, 15) is 9.59 Å². The molecule has 1 atom stereocenters. The van der Waals surface area contributed by atoms with Gasteiger partial charge >= 0.3 is 0 Å². The first-order chi connectivity index (χ1) is 14.4. The number of halogens is 2. The molecule has 1 aliphatic rings. The average molecular weight is 449 g/mol. The van der Waals surface area contributed by atoms with E-state index in [1.165, 1.54) is 25.2 Å². The number of likely N-dealkylation sites (N-methyl/N-ethyl adjacent to an activating group) is 1. The van der Waals surface area contributed by atoms with Crippen molar-refractivity contribution in [3.05, 3.63) is 58.1 Å². The molecule has 0 N–H and O–H groups in total. The van der Waals surface area contributed by atoms with Gasteiger partial charge in [-0.1, -0.05) is 35.3 Å². The van der Waals surface area contributed by atoms with Crippen LogP contribution < -0.4 is 14.4 Å². The topological polar surface area (TPSA) is 59.1 Å². The number of amides is 2. The third-order valence-electron chi connectivity index (χ3n) is 5.01. The first kappa shape index (κ1) is 22.0. The highest BCUT2D eigenvalue weighted by atomic mass is 35.5. The van der Waals surface area contributed by atoms with Crippen molar-refractivity contribution < 1.29 is 19.1 Å². The Morgan fingerprint density at radius 2 is 1.90 bits per heavy atom. The molecule has 158 valence electrons. The van der Waals surface area contributed by atoms with Crippen molar-refractivity contribution in [2.45, 2.75) is 12.5 Å². The lowest BCUT2D eigenvalue weighted by molar-refractivity contribution is -0.132. The van der Waals surface area contributed by atoms with E-state index >= 15 is 0 Å². The summed E-state index contributed by atoms with van der Waals surface area (Å²) in [5, 5.41) is 0.879. The summed E-state index contributed by atoms with van der Waals surface area (Å²) in [6.07, 6.45) is 3.56. The summed E-state index contributed by atoms with van der Waals surface area (Å²) in [6.45, 7) is 0.500. The highest BCUT2D eigenvalue weighted by molar-refractivity contribution is 6.34. The molecule has 6 nitrogen and oxygen atoms in total. The van der Waals surface area contributed by atoms with Gasteiger partial charge in [0.05, 0.1) is 30.0 Å². The Labute approximate surface area is 185 Å². The minimum Gasteiger partial charge on any atom is -0.493 e. The molecular formula is C22H22Cl2N2O4. The van der Waals surface area contributed by atoms with E-state index in [1.807, 2.05) is 12.1 Å². The zero-order valence-electron chi connectivity index (χ0n) is 16.9. The highest BCUT2D eigenvalue weighted by Gasteiger charge is 2.37. The molecule has 1 unspecified atom stereocenters. The number of para-hydroxylation sites is 1. The number of rotatable bonds is 6. The van der Waals surface area contributed by atoms with E-state index in [1.54, 1.807) is 42.3 Å². The molecule has 2 aromatic rings. The second-order valence-corrected chi connectivity index (χ2v) is 7.58. The largest absolute Gasteiger partial charge is 0.493 e. The standard InChI is InChI=1S/C22H22Cl2N2O4/c1-25(18-10-11-26(22(18)28)17-7-5-4-6-15(17)23)20(27)9-8-14-12-16(24)21(30-3)19(13-14)29-2/h4-9,12-13,18H,10-11H2,1-3H3. The smallest absolute Gasteiger partial charge is 0.249 e. The molecule has 0 spiro atoms. The monoisotopic (exact) mass is 448 g/mol. The lowest BCUT2D eigenvalue weighted by Gasteiger charge is -2.23. The van der Waals surface area contributed by atoms with Crippen LogP contribution in [0.2, 0.25) is 10.0 Å². The summed E-state index contributed by atoms with van der Waals surface area (Å²) in [6, 6.07) is 10.0. The Morgan fingerprint density at radius 1 is 1.17 bits per heavy atom. The summed E-state index contributed by atoms with van der Waals surface area (Å²) in [5.41, 5.74) is 1.33. The summed E-state index contributed by atoms with van der Waals surface area (Å²) in [5.74, 6) is 0.449. The maximum absolute atomic E-state index is 12.9. The molecule has 8 heteroatoms. The van der Waals surface area contributed by atoms with E-state index < -0.39 is 6.04 Å². The summed E-state index contributed by atoms with van der Waals surface area (Å²) < 4.78 is 10.5. The predicted molar refractivity (Wildman–Crippen MR) is 119 cm³/mol. The van der Waals surface area contributed by atoms with Crippen molar-refractivity contribution in [3.8, 4) is 11.5 Å². The van der Waals surface area contributed by atoms with E-state index in [2.05, 4.69) is 0 Å². The number of carbonyl (C=O) groups excluding carboxylic acids is 2. The molecular weight excluding hydrogens is 427 g/mol. The average Bonchev–Trinajstić information content (AvgIpc) is 3.12. The van der Waals surface area contributed by atoms with Gasteiger partial charge < -0.3 is 19.3 Å². The first-order valence-corrected chi connectivity index (χ1v) is 10.0. The van der Waals surface area contributed by atoms with Gasteiger partial charge in [-0.05, 0) is 42.3 Å². The van der Waals surface area contributed by atoms with Crippen molar-refractivity contribution in [2.75, 3.05) is 32.7 Å². The summed E-state index contributed by atoms with van der Waals surface area (Å²) in [7, 11) is 4.63. The number of methoxy groups -OCH3 is 2. The maximum Gasteiger partial charge on any atom is 0.249 e. The maximum atomic E-state index is 12.9. The molecule has 1 saturated heterocycles. The van der Waals surface area contributed by atoms with E-state index in [-0.39, 0.29) is 11.8 Å². The van der Waals surface area contributed by atoms with Crippen LogP contribution in [0, 0.1) is 0 Å². The van der Waals surface area contributed by atoms with Crippen molar-refractivity contribution >= 4 is 46.8 Å². The second-order valence-electron chi connectivity index (χ2n) is 6.77. The fourth-order valence-corrected chi connectivity index (χ4v) is 3.94. The van der Waals surface area contributed by atoms with Crippen LogP contribution in [0.25, 0.3) is 6.08 Å². The highest BCUT2D eigenvalue weighted by Crippen LogP contribution is 2.36. The number of ether oxygens (including phenoxy) is 2. The SMILES string of the molecule is COc1cc(C=CC(=O)N(C)C2CCN(c3ccccc3Cl)C2=O)cc(Cl)c1OC. The summed E-state index contributed by atoms with van der Waals surface area (Å²) in [4.78, 5) is 28.6. The van der Waals surface area contributed by atoms with Crippen LogP contribution in [0.15, 0.2) is 42.5 Å². The zero-order valence-corrected chi connectivity index (χ0v) is 18.4. The van der Waals surface area contributed by atoms with Crippen LogP contribution >= 0.6 is 23.2 Å². The molecule has 0 aliphatic carbocycles. The number of benzene rings is 2. The Balaban J connectivity index is 1.73. The fourth-order valence-electron chi connectivity index (χ4n) is 3.41. The second kappa shape index (κ2) is 9.41. The molecule has 0 bridgehead atoms. The minimum atomic E-state index is -0.549. The van der Waals surface area contributed by atoms with Gasteiger partial charge in [0.2, 0.25) is 11.8 Å². The molecule has 0 saturated carbocycles. The van der Waals surface area contributed by atoms with Crippen LogP contribution in [0.5, 0.6) is 11.5 Å². The third-order valence-corrected chi connectivity index (χ3v) is 5.61. The Kier molecular flexibility index (Phi) is 6.90. The number of hydrogen-bond acceptors (Lipinski definition) is 4. The third kappa shape index (κ3) is 4.40. The summed E-state index contributed by atoms with van der Waals surface area (Å²) >= 11 is 12.4. The molecule has 0 radical (unpaired) electrons. The number of carbonyl (C=O) groups is 2. The molecule has 3 rings (SSSR count). The van der Waals surface area contributed by atoms with Crippen LogP contribution in [-0.4, -0.2) is 50.6 Å². The minimum absolute atomic E-state index is 0.151. The zero-order chi connectivity index (χ0) is 21.8. The molecule has 2 amide bonds. The van der Waals surface area contributed by atoms with E-state index in [0.29, 0.717) is 45.8 Å². The molecule has 1 heterocycles. The van der Waals surface area contributed by atoms with E-state index in [0.717, 1.165) is 0 Å². The number of hydrogen-bond donors (Lipinski definition) is 0. The van der Waals surface area contributed by atoms with Gasteiger partial charge in [0.15, 0.2) is 11.5 Å². The van der Waals surface area contributed by atoms with Gasteiger partial charge in [-0.25, -0.2) is 0 Å². The van der Waals surface area contributed by atoms with Gasteiger partial charge in [-0.2, -0.15) is 0 Å². The molecule has 1 fully saturated rings. The number of anilines is 1. The normalized spacial score (nSPS) is 16.2. The van der Waals surface area contributed by atoms with Crippen molar-refractivity contribution in [1.29, 1.82) is 0 Å². The first-order valence-electron chi connectivity index (χ1n) is 9.29. The van der Waals surface area contributed by atoms with Crippen molar-refractivity contribution in [2.24, 2.45) is 0 Å². The van der Waals surface area contributed by atoms with Gasteiger partial charge in [0, 0.05) is 19.7 Å². The molecule has 30 heavy (non-hydrogen) atoms. The predicted octanol–water partition coefficient (Wildman–Crippen LogP) is 4.29. The van der Waals surface area contributed by atoms with E-state index in [4.69, 9.17) is 32.7 Å². The lowest BCUT2D eigenvalue weighted by atomic mass is 10.1. The van der Waals surface area contributed by atoms with Gasteiger partial charge in [-0.3, -0.25) is 9.59 Å². The van der Waals surface area contributed by atoms with Crippen LogP contribution in [-0.2, 0) is 9.59 Å². The molecule has 1 aliphatic heterocycles. The van der Waals surface area contributed by atoms with Crippen molar-refractivity contribution in [1.82, 2.24) is 4.90 Å². The van der Waals surface area contributed by atoms with Gasteiger partial charge in [-0.15, -0.1) is 0 Å².